The minimum absolute atomic E-state index is 0.209. The summed E-state index contributed by atoms with van der Waals surface area (Å²) in [6, 6.07) is 0. The lowest BCUT2D eigenvalue weighted by atomic mass is 9.95. The van der Waals surface area contributed by atoms with Crippen LogP contribution >= 0.6 is 0 Å². The Bertz CT molecular complexity index is 127. The zero-order valence-electron chi connectivity index (χ0n) is 9.98. The van der Waals surface area contributed by atoms with E-state index in [1.807, 2.05) is 0 Å². The van der Waals surface area contributed by atoms with Crippen molar-refractivity contribution in [2.24, 2.45) is 11.8 Å². The maximum Gasteiger partial charge on any atom is 0.0505 e. The second kappa shape index (κ2) is 5.61. The van der Waals surface area contributed by atoms with Crippen molar-refractivity contribution >= 4 is 0 Å². The Hall–Kier alpha value is -0.0800. The molecular formula is C11H25NO. The normalized spacial score (nSPS) is 15.0. The van der Waals surface area contributed by atoms with E-state index in [-0.39, 0.29) is 5.54 Å². The lowest BCUT2D eigenvalue weighted by Crippen LogP contribution is -2.41. The van der Waals surface area contributed by atoms with E-state index < -0.39 is 0 Å². The third-order valence-electron chi connectivity index (χ3n) is 2.22. The minimum atomic E-state index is 0.209. The molecule has 0 aromatic rings. The summed E-state index contributed by atoms with van der Waals surface area (Å²) in [5, 5.41) is 3.51. The van der Waals surface area contributed by atoms with Gasteiger partial charge in [-0.15, -0.1) is 0 Å². The molecule has 2 heteroatoms. The Kier molecular flexibility index (Phi) is 5.57. The van der Waals surface area contributed by atoms with Crippen LogP contribution in [0.4, 0.5) is 0 Å². The van der Waals surface area contributed by atoms with Crippen molar-refractivity contribution in [3.63, 3.8) is 0 Å². The van der Waals surface area contributed by atoms with Crippen molar-refractivity contribution in [2.75, 3.05) is 20.3 Å². The average molecular weight is 187 g/mol. The molecule has 80 valence electrons. The van der Waals surface area contributed by atoms with Gasteiger partial charge in [0.1, 0.15) is 0 Å². The SMILES string of the molecule is COCC(CNC(C)(C)C)C(C)C. The quantitative estimate of drug-likeness (QED) is 0.713. The van der Waals surface area contributed by atoms with Crippen LogP contribution in [0.15, 0.2) is 0 Å². The van der Waals surface area contributed by atoms with Crippen LogP contribution in [0.2, 0.25) is 0 Å². The first kappa shape index (κ1) is 12.9. The summed E-state index contributed by atoms with van der Waals surface area (Å²) in [5.74, 6) is 1.29. The molecule has 1 atom stereocenters. The highest BCUT2D eigenvalue weighted by atomic mass is 16.5. The van der Waals surface area contributed by atoms with Gasteiger partial charge in [-0.05, 0) is 32.6 Å². The van der Waals surface area contributed by atoms with Gasteiger partial charge in [-0.1, -0.05) is 13.8 Å². The summed E-state index contributed by atoms with van der Waals surface area (Å²) in [7, 11) is 1.77. The maximum absolute atomic E-state index is 5.19. The molecule has 0 aliphatic heterocycles. The van der Waals surface area contributed by atoms with Gasteiger partial charge in [-0.25, -0.2) is 0 Å². The molecule has 0 spiro atoms. The molecule has 0 aromatic carbocycles. The van der Waals surface area contributed by atoms with E-state index in [2.05, 4.69) is 39.9 Å². The lowest BCUT2D eigenvalue weighted by molar-refractivity contribution is 0.123. The van der Waals surface area contributed by atoms with Crippen LogP contribution in [0, 0.1) is 11.8 Å². The molecule has 0 fully saturated rings. The number of hydrogen-bond donors (Lipinski definition) is 1. The van der Waals surface area contributed by atoms with Crippen LogP contribution in [0.5, 0.6) is 0 Å². The van der Waals surface area contributed by atoms with E-state index in [0.717, 1.165) is 13.2 Å². The van der Waals surface area contributed by atoms with E-state index in [4.69, 9.17) is 4.74 Å². The second-order valence-electron chi connectivity index (χ2n) is 5.09. The summed E-state index contributed by atoms with van der Waals surface area (Å²) in [5.41, 5.74) is 0.209. The largest absolute Gasteiger partial charge is 0.384 e. The molecule has 0 aromatic heterocycles. The van der Waals surface area contributed by atoms with Gasteiger partial charge >= 0.3 is 0 Å². The van der Waals surface area contributed by atoms with Crippen LogP contribution in [-0.2, 0) is 4.74 Å². The Morgan fingerprint density at radius 2 is 1.77 bits per heavy atom. The molecule has 0 aliphatic carbocycles. The zero-order chi connectivity index (χ0) is 10.5. The van der Waals surface area contributed by atoms with Crippen molar-refractivity contribution in [1.29, 1.82) is 0 Å². The standard InChI is InChI=1S/C11H25NO/c1-9(2)10(8-13-6)7-12-11(3,4)5/h9-10,12H,7-8H2,1-6H3. The van der Waals surface area contributed by atoms with Gasteiger partial charge in [0.25, 0.3) is 0 Å². The van der Waals surface area contributed by atoms with Gasteiger partial charge < -0.3 is 10.1 Å². The van der Waals surface area contributed by atoms with E-state index in [0.29, 0.717) is 11.8 Å². The lowest BCUT2D eigenvalue weighted by Gasteiger charge is -2.27. The summed E-state index contributed by atoms with van der Waals surface area (Å²) in [4.78, 5) is 0. The minimum Gasteiger partial charge on any atom is -0.384 e. The molecule has 0 saturated heterocycles. The fraction of sp³-hybridized carbons (Fsp3) is 1.00. The first-order chi connectivity index (χ1) is 5.87. The molecule has 2 nitrogen and oxygen atoms in total. The number of hydrogen-bond acceptors (Lipinski definition) is 2. The molecule has 1 unspecified atom stereocenters. The summed E-state index contributed by atoms with van der Waals surface area (Å²) in [6.45, 7) is 12.9. The Balaban J connectivity index is 3.82. The van der Waals surface area contributed by atoms with Crippen molar-refractivity contribution in [3.8, 4) is 0 Å². The number of methoxy groups -OCH3 is 1. The molecular weight excluding hydrogens is 162 g/mol. The van der Waals surface area contributed by atoms with Crippen molar-refractivity contribution in [3.05, 3.63) is 0 Å². The van der Waals surface area contributed by atoms with Gasteiger partial charge in [0.2, 0.25) is 0 Å². The van der Waals surface area contributed by atoms with E-state index in [9.17, 15) is 0 Å². The highest BCUT2D eigenvalue weighted by Gasteiger charge is 2.16. The van der Waals surface area contributed by atoms with Crippen LogP contribution in [0.25, 0.3) is 0 Å². The van der Waals surface area contributed by atoms with Crippen LogP contribution in [-0.4, -0.2) is 25.8 Å². The second-order valence-corrected chi connectivity index (χ2v) is 5.09. The third-order valence-corrected chi connectivity index (χ3v) is 2.22. The van der Waals surface area contributed by atoms with Crippen LogP contribution in [0.3, 0.4) is 0 Å². The summed E-state index contributed by atoms with van der Waals surface area (Å²) < 4.78 is 5.19. The highest BCUT2D eigenvalue weighted by molar-refractivity contribution is 4.74. The van der Waals surface area contributed by atoms with Crippen molar-refractivity contribution in [2.45, 2.75) is 40.2 Å². The molecule has 0 rings (SSSR count). The molecule has 0 heterocycles. The monoisotopic (exact) mass is 187 g/mol. The van der Waals surface area contributed by atoms with Crippen molar-refractivity contribution in [1.82, 2.24) is 5.32 Å². The van der Waals surface area contributed by atoms with Crippen molar-refractivity contribution < 1.29 is 4.74 Å². The predicted octanol–water partition coefficient (Wildman–Crippen LogP) is 2.29. The van der Waals surface area contributed by atoms with E-state index in [1.54, 1.807) is 7.11 Å². The fourth-order valence-electron chi connectivity index (χ4n) is 1.14. The number of ether oxygens (including phenoxy) is 1. The van der Waals surface area contributed by atoms with E-state index >= 15 is 0 Å². The number of nitrogens with one attached hydrogen (secondary N) is 1. The third kappa shape index (κ3) is 7.03. The molecule has 1 N–H and O–H groups in total. The molecule has 0 amide bonds. The Morgan fingerprint density at radius 1 is 1.23 bits per heavy atom. The van der Waals surface area contributed by atoms with Crippen LogP contribution < -0.4 is 5.32 Å². The molecule has 13 heavy (non-hydrogen) atoms. The van der Waals surface area contributed by atoms with Gasteiger partial charge in [-0.3, -0.25) is 0 Å². The highest BCUT2D eigenvalue weighted by Crippen LogP contribution is 2.11. The average Bonchev–Trinajstić information content (AvgIpc) is 1.95. The fourth-order valence-corrected chi connectivity index (χ4v) is 1.14. The first-order valence-electron chi connectivity index (χ1n) is 5.11. The van der Waals surface area contributed by atoms with Gasteiger partial charge in [-0.2, -0.15) is 0 Å². The predicted molar refractivity (Wildman–Crippen MR) is 58.0 cm³/mol. The molecule has 0 radical (unpaired) electrons. The van der Waals surface area contributed by atoms with Gasteiger partial charge in [0.05, 0.1) is 6.61 Å². The Labute approximate surface area is 83.1 Å². The summed E-state index contributed by atoms with van der Waals surface area (Å²) >= 11 is 0. The first-order valence-corrected chi connectivity index (χ1v) is 5.11. The topological polar surface area (TPSA) is 21.3 Å². The number of rotatable bonds is 5. The van der Waals surface area contributed by atoms with Gasteiger partial charge in [0, 0.05) is 19.2 Å². The molecule has 0 bridgehead atoms. The molecule has 0 saturated carbocycles. The maximum atomic E-state index is 5.19. The molecule has 0 aliphatic rings. The smallest absolute Gasteiger partial charge is 0.0505 e. The zero-order valence-corrected chi connectivity index (χ0v) is 9.98. The van der Waals surface area contributed by atoms with Crippen LogP contribution in [0.1, 0.15) is 34.6 Å². The Morgan fingerprint density at radius 3 is 2.08 bits per heavy atom. The van der Waals surface area contributed by atoms with E-state index in [1.165, 1.54) is 0 Å². The van der Waals surface area contributed by atoms with Gasteiger partial charge in [0.15, 0.2) is 0 Å². The summed E-state index contributed by atoms with van der Waals surface area (Å²) in [6.07, 6.45) is 0.